The third kappa shape index (κ3) is 4.54. The molecular weight excluding hydrogens is 406 g/mol. The van der Waals surface area contributed by atoms with Gasteiger partial charge in [-0.15, -0.1) is 11.3 Å². The number of likely N-dealkylation sites (tertiary alicyclic amines) is 1. The highest BCUT2D eigenvalue weighted by Gasteiger charge is 2.46. The van der Waals surface area contributed by atoms with Gasteiger partial charge in [0.25, 0.3) is 5.91 Å². The van der Waals surface area contributed by atoms with E-state index in [1.807, 2.05) is 38.1 Å². The summed E-state index contributed by atoms with van der Waals surface area (Å²) in [5.74, 6) is -0.105. The lowest BCUT2D eigenvalue weighted by atomic mass is 9.78. The molecule has 1 unspecified atom stereocenters. The van der Waals surface area contributed by atoms with Gasteiger partial charge in [-0.3, -0.25) is 14.6 Å². The third-order valence-corrected chi connectivity index (χ3v) is 6.66. The van der Waals surface area contributed by atoms with Crippen molar-refractivity contribution in [2.45, 2.75) is 32.7 Å². The lowest BCUT2D eigenvalue weighted by Crippen LogP contribution is -2.47. The minimum atomic E-state index is -0.665. The van der Waals surface area contributed by atoms with E-state index in [0.717, 1.165) is 11.1 Å². The number of hydrogen-bond acceptors (Lipinski definition) is 4. The smallest absolute Gasteiger partial charge is 0.272 e. The van der Waals surface area contributed by atoms with Gasteiger partial charge in [0.15, 0.2) is 0 Å². The van der Waals surface area contributed by atoms with Crippen LogP contribution in [0.2, 0.25) is 0 Å². The Morgan fingerprint density at radius 2 is 1.94 bits per heavy atom. The second-order valence-electron chi connectivity index (χ2n) is 8.41. The van der Waals surface area contributed by atoms with Crippen molar-refractivity contribution in [1.29, 1.82) is 0 Å². The summed E-state index contributed by atoms with van der Waals surface area (Å²) in [6.45, 7) is 4.87. The van der Waals surface area contributed by atoms with Crippen LogP contribution in [0.4, 0.5) is 0 Å². The van der Waals surface area contributed by atoms with Crippen LogP contribution in [-0.4, -0.2) is 40.8 Å². The molecule has 0 radical (unpaired) electrons. The largest absolute Gasteiger partial charge is 0.353 e. The number of carbonyl (C=O) groups excluding carboxylic acids is 2. The summed E-state index contributed by atoms with van der Waals surface area (Å²) in [6.07, 6.45) is 2.84. The Morgan fingerprint density at radius 1 is 1.13 bits per heavy atom. The molecule has 0 aliphatic carbocycles. The second kappa shape index (κ2) is 9.02. The average molecular weight is 434 g/mol. The van der Waals surface area contributed by atoms with Crippen LogP contribution in [-0.2, 0) is 11.2 Å². The van der Waals surface area contributed by atoms with Crippen molar-refractivity contribution in [3.05, 3.63) is 77.4 Å². The number of thiophene rings is 1. The summed E-state index contributed by atoms with van der Waals surface area (Å²) in [4.78, 5) is 33.6. The summed E-state index contributed by atoms with van der Waals surface area (Å²) in [5, 5.41) is 5.17. The van der Waals surface area contributed by atoms with Crippen molar-refractivity contribution in [1.82, 2.24) is 15.2 Å². The fourth-order valence-corrected chi connectivity index (χ4v) is 5.02. The Kier molecular flexibility index (Phi) is 6.18. The Balaban J connectivity index is 1.65. The van der Waals surface area contributed by atoms with E-state index >= 15 is 0 Å². The van der Waals surface area contributed by atoms with Crippen LogP contribution in [0.15, 0.2) is 66.2 Å². The number of rotatable bonds is 6. The first-order valence-corrected chi connectivity index (χ1v) is 11.5. The van der Waals surface area contributed by atoms with Gasteiger partial charge in [0, 0.05) is 30.2 Å². The maximum absolute atomic E-state index is 13.4. The standard InChI is InChI=1S/C25H27N3O2S/c1-18(2)27-24(30)25(12-14-28(17-25)23(29)21-10-5-6-13-26-21)16-19-8-3-4-9-20(19)22-11-7-15-31-22/h3-11,13,15,18H,12,14,16-17H2,1-2H3,(H,27,30). The molecule has 1 fully saturated rings. The predicted molar refractivity (Wildman–Crippen MR) is 124 cm³/mol. The molecule has 1 aromatic carbocycles. The number of carbonyl (C=O) groups is 2. The first-order chi connectivity index (χ1) is 15.0. The number of pyridine rings is 1. The summed E-state index contributed by atoms with van der Waals surface area (Å²) in [6, 6.07) is 17.8. The lowest BCUT2D eigenvalue weighted by Gasteiger charge is -2.30. The van der Waals surface area contributed by atoms with Gasteiger partial charge < -0.3 is 10.2 Å². The van der Waals surface area contributed by atoms with Crippen LogP contribution in [0.25, 0.3) is 10.4 Å². The van der Waals surface area contributed by atoms with E-state index in [2.05, 4.69) is 33.9 Å². The number of hydrogen-bond donors (Lipinski definition) is 1. The van der Waals surface area contributed by atoms with Crippen molar-refractivity contribution >= 4 is 23.2 Å². The summed E-state index contributed by atoms with van der Waals surface area (Å²) >= 11 is 1.70. The van der Waals surface area contributed by atoms with Gasteiger partial charge in [-0.1, -0.05) is 36.4 Å². The van der Waals surface area contributed by atoms with Crippen LogP contribution in [0.5, 0.6) is 0 Å². The number of nitrogens with zero attached hydrogens (tertiary/aromatic N) is 2. The molecule has 0 saturated carbocycles. The van der Waals surface area contributed by atoms with Gasteiger partial charge in [-0.05, 0) is 61.4 Å². The van der Waals surface area contributed by atoms with Crippen LogP contribution in [0.1, 0.15) is 36.3 Å². The summed E-state index contributed by atoms with van der Waals surface area (Å²) < 4.78 is 0. The number of nitrogens with one attached hydrogen (secondary N) is 1. The average Bonchev–Trinajstić information content (AvgIpc) is 3.45. The predicted octanol–water partition coefficient (Wildman–Crippen LogP) is 4.41. The molecule has 1 atom stereocenters. The topological polar surface area (TPSA) is 62.3 Å². The van der Waals surface area contributed by atoms with Crippen molar-refractivity contribution in [3.8, 4) is 10.4 Å². The van der Waals surface area contributed by atoms with Crippen LogP contribution >= 0.6 is 11.3 Å². The minimum absolute atomic E-state index is 0.0137. The highest BCUT2D eigenvalue weighted by atomic mass is 32.1. The quantitative estimate of drug-likeness (QED) is 0.626. The fraction of sp³-hybridized carbons (Fsp3) is 0.320. The van der Waals surface area contributed by atoms with Gasteiger partial charge in [0.05, 0.1) is 5.41 Å². The molecule has 5 nitrogen and oxygen atoms in total. The van der Waals surface area contributed by atoms with Crippen LogP contribution in [0, 0.1) is 5.41 Å². The first-order valence-electron chi connectivity index (χ1n) is 10.6. The van der Waals surface area contributed by atoms with E-state index < -0.39 is 5.41 Å². The van der Waals surface area contributed by atoms with Gasteiger partial charge in [0.2, 0.25) is 5.91 Å². The molecule has 160 valence electrons. The molecule has 0 spiro atoms. The zero-order valence-electron chi connectivity index (χ0n) is 17.9. The maximum Gasteiger partial charge on any atom is 0.272 e. The Labute approximate surface area is 187 Å². The molecule has 6 heteroatoms. The van der Waals surface area contributed by atoms with Crippen molar-refractivity contribution in [3.63, 3.8) is 0 Å². The first kappa shape index (κ1) is 21.2. The van der Waals surface area contributed by atoms with Gasteiger partial charge in [-0.2, -0.15) is 0 Å². The Bertz CT molecular complexity index is 1050. The molecule has 4 rings (SSSR count). The SMILES string of the molecule is CC(C)NC(=O)C1(Cc2ccccc2-c2cccs2)CCN(C(=O)c2ccccn2)C1. The highest BCUT2D eigenvalue weighted by molar-refractivity contribution is 7.13. The van der Waals surface area contributed by atoms with E-state index in [1.54, 1.807) is 34.6 Å². The monoisotopic (exact) mass is 433 g/mol. The molecule has 3 heterocycles. The van der Waals surface area contributed by atoms with Crippen LogP contribution < -0.4 is 5.32 Å². The fourth-order valence-electron chi connectivity index (χ4n) is 4.23. The zero-order valence-corrected chi connectivity index (χ0v) is 18.7. The van der Waals surface area contributed by atoms with Gasteiger partial charge in [0.1, 0.15) is 5.69 Å². The van der Waals surface area contributed by atoms with E-state index in [9.17, 15) is 9.59 Å². The van der Waals surface area contributed by atoms with Crippen molar-refractivity contribution in [2.75, 3.05) is 13.1 Å². The van der Waals surface area contributed by atoms with E-state index in [-0.39, 0.29) is 17.9 Å². The second-order valence-corrected chi connectivity index (χ2v) is 9.36. The van der Waals surface area contributed by atoms with Gasteiger partial charge >= 0.3 is 0 Å². The molecule has 1 N–H and O–H groups in total. The number of benzene rings is 1. The Morgan fingerprint density at radius 3 is 2.65 bits per heavy atom. The van der Waals surface area contributed by atoms with Crippen molar-refractivity contribution < 1.29 is 9.59 Å². The molecule has 2 aromatic heterocycles. The molecule has 0 bridgehead atoms. The van der Waals surface area contributed by atoms with E-state index in [0.29, 0.717) is 31.6 Å². The third-order valence-electron chi connectivity index (χ3n) is 5.76. The summed E-state index contributed by atoms with van der Waals surface area (Å²) in [5.41, 5.74) is 2.04. The number of aromatic nitrogens is 1. The number of amides is 2. The van der Waals surface area contributed by atoms with E-state index in [4.69, 9.17) is 0 Å². The maximum atomic E-state index is 13.4. The van der Waals surface area contributed by atoms with Crippen LogP contribution in [0.3, 0.4) is 0 Å². The zero-order chi connectivity index (χ0) is 21.8. The lowest BCUT2D eigenvalue weighted by molar-refractivity contribution is -0.130. The normalized spacial score (nSPS) is 18.4. The molecule has 1 aliphatic heterocycles. The van der Waals surface area contributed by atoms with Gasteiger partial charge in [-0.25, -0.2) is 0 Å². The highest BCUT2D eigenvalue weighted by Crippen LogP contribution is 2.39. The summed E-state index contributed by atoms with van der Waals surface area (Å²) in [7, 11) is 0. The molecule has 2 amide bonds. The molecule has 3 aromatic rings. The van der Waals surface area contributed by atoms with Crippen molar-refractivity contribution in [2.24, 2.45) is 5.41 Å². The molecule has 1 aliphatic rings. The molecular formula is C25H27N3O2S. The minimum Gasteiger partial charge on any atom is -0.353 e. The molecule has 1 saturated heterocycles. The Hall–Kier alpha value is -2.99. The molecule has 31 heavy (non-hydrogen) atoms. The van der Waals surface area contributed by atoms with E-state index in [1.165, 1.54) is 4.88 Å².